The van der Waals surface area contributed by atoms with Crippen molar-refractivity contribution in [3.05, 3.63) is 102 Å². The fourth-order valence-electron chi connectivity index (χ4n) is 5.11. The van der Waals surface area contributed by atoms with E-state index in [0.29, 0.717) is 0 Å². The van der Waals surface area contributed by atoms with Crippen LogP contribution < -0.4 is 10.2 Å². The summed E-state index contributed by atoms with van der Waals surface area (Å²) in [7, 11) is 0. The number of hydrogen-bond donors (Lipinski definition) is 1. The second-order valence-corrected chi connectivity index (χ2v) is 9.32. The monoisotopic (exact) mass is 451 g/mol. The van der Waals surface area contributed by atoms with Crippen molar-refractivity contribution < 1.29 is 4.79 Å². The number of aryl methyl sites for hydroxylation is 1. The van der Waals surface area contributed by atoms with E-state index >= 15 is 0 Å². The van der Waals surface area contributed by atoms with Gasteiger partial charge in [0.1, 0.15) is 0 Å². The predicted molar refractivity (Wildman–Crippen MR) is 141 cm³/mol. The van der Waals surface area contributed by atoms with Crippen molar-refractivity contribution >= 4 is 23.4 Å². The van der Waals surface area contributed by atoms with Gasteiger partial charge in [0.15, 0.2) is 0 Å². The summed E-state index contributed by atoms with van der Waals surface area (Å²) in [6.45, 7) is 3.96. The number of carbonyl (C=O) groups excluding carboxylic acids is 1. The fraction of sp³-hybridized carbons (Fsp3) is 0.300. The lowest BCUT2D eigenvalue weighted by Crippen LogP contribution is -2.47. The number of benzene rings is 3. The minimum atomic E-state index is 0.0566. The second-order valence-electron chi connectivity index (χ2n) is 9.32. The first-order valence-electron chi connectivity index (χ1n) is 12.5. The largest absolute Gasteiger partial charge is 0.385 e. The summed E-state index contributed by atoms with van der Waals surface area (Å²) in [6.07, 6.45) is 7.87. The first kappa shape index (κ1) is 22.4. The van der Waals surface area contributed by atoms with Gasteiger partial charge in [-0.15, -0.1) is 0 Å². The van der Waals surface area contributed by atoms with Gasteiger partial charge in [-0.1, -0.05) is 66.7 Å². The minimum Gasteiger partial charge on any atom is -0.385 e. The summed E-state index contributed by atoms with van der Waals surface area (Å²) in [6, 6.07) is 27.4. The molecule has 0 aromatic heterocycles. The number of nitrogens with one attached hydrogen (secondary N) is 1. The number of fused-ring (bicyclic) bond motifs is 1. The van der Waals surface area contributed by atoms with Crippen molar-refractivity contribution in [2.24, 2.45) is 0 Å². The number of rotatable bonds is 6. The highest BCUT2D eigenvalue weighted by Crippen LogP contribution is 2.31. The van der Waals surface area contributed by atoms with Crippen LogP contribution in [0.25, 0.3) is 6.08 Å². The molecule has 174 valence electrons. The minimum absolute atomic E-state index is 0.0566. The summed E-state index contributed by atoms with van der Waals surface area (Å²) >= 11 is 0. The molecule has 1 N–H and O–H groups in total. The topological polar surface area (TPSA) is 35.6 Å². The molecule has 2 aliphatic heterocycles. The number of carbonyl (C=O) groups is 1. The summed E-state index contributed by atoms with van der Waals surface area (Å²) in [5.74, 6) is 0.0566. The summed E-state index contributed by atoms with van der Waals surface area (Å²) in [4.78, 5) is 18.1. The number of piperidine rings is 1. The lowest BCUT2D eigenvalue weighted by Gasteiger charge is -2.38. The van der Waals surface area contributed by atoms with Crippen LogP contribution in [0.5, 0.6) is 0 Å². The Morgan fingerprint density at radius 1 is 0.971 bits per heavy atom. The third-order valence-corrected chi connectivity index (χ3v) is 6.94. The number of hydrogen-bond acceptors (Lipinski definition) is 3. The predicted octanol–water partition coefficient (Wildman–Crippen LogP) is 5.76. The van der Waals surface area contributed by atoms with Gasteiger partial charge in [-0.3, -0.25) is 9.69 Å². The van der Waals surface area contributed by atoms with Crippen LogP contribution in [0, 0.1) is 0 Å². The number of likely N-dealkylation sites (tertiary alicyclic amines) is 1. The highest BCUT2D eigenvalue weighted by Gasteiger charge is 2.29. The Kier molecular flexibility index (Phi) is 7.06. The molecule has 3 aromatic rings. The number of nitrogens with zero attached hydrogens (tertiary/aromatic N) is 2. The molecule has 4 nitrogen and oxygen atoms in total. The normalized spacial score (nSPS) is 16.7. The molecule has 2 aliphatic rings. The maximum Gasteiger partial charge on any atom is 0.251 e. The maximum atomic E-state index is 13.6. The molecule has 2 heterocycles. The Morgan fingerprint density at radius 2 is 1.71 bits per heavy atom. The lowest BCUT2D eigenvalue weighted by molar-refractivity contribution is -0.114. The van der Waals surface area contributed by atoms with E-state index in [1.54, 1.807) is 6.08 Å². The Labute approximate surface area is 202 Å². The quantitative estimate of drug-likeness (QED) is 0.484. The standard InChI is InChI=1S/C30H33N3O/c34-30(16-13-24-8-3-1-4-9-24)33(28-15-14-26-12-7-19-31-29(26)22-28)27-17-20-32(21-18-27)23-25-10-5-2-6-11-25/h1-6,8-11,13-16,22,27,31H,7,12,17-21,23H2/b16-13-. The van der Waals surface area contributed by atoms with Crippen molar-refractivity contribution in [3.8, 4) is 0 Å². The van der Waals surface area contributed by atoms with E-state index in [1.807, 2.05) is 41.3 Å². The SMILES string of the molecule is O=C(/C=C\c1ccccc1)N(c1ccc2c(c1)NCCC2)C1CCN(Cc2ccccc2)CC1. The van der Waals surface area contributed by atoms with Crippen LogP contribution in [-0.2, 0) is 17.8 Å². The van der Waals surface area contributed by atoms with Crippen LogP contribution in [0.4, 0.5) is 11.4 Å². The van der Waals surface area contributed by atoms with Crippen molar-refractivity contribution in [1.29, 1.82) is 0 Å². The molecule has 1 fully saturated rings. The van der Waals surface area contributed by atoms with Crippen LogP contribution in [-0.4, -0.2) is 36.5 Å². The molecule has 0 unspecified atom stereocenters. The van der Waals surface area contributed by atoms with Gasteiger partial charge >= 0.3 is 0 Å². The van der Waals surface area contributed by atoms with Gasteiger partial charge < -0.3 is 10.2 Å². The van der Waals surface area contributed by atoms with E-state index in [-0.39, 0.29) is 11.9 Å². The molecule has 3 aromatic carbocycles. The van der Waals surface area contributed by atoms with Gasteiger partial charge in [-0.2, -0.15) is 0 Å². The molecule has 1 saturated heterocycles. The van der Waals surface area contributed by atoms with E-state index in [0.717, 1.165) is 63.1 Å². The summed E-state index contributed by atoms with van der Waals surface area (Å²) in [5, 5.41) is 3.53. The molecule has 0 aliphatic carbocycles. The average Bonchev–Trinajstić information content (AvgIpc) is 2.90. The molecule has 0 atom stereocenters. The lowest BCUT2D eigenvalue weighted by atomic mass is 9.99. The van der Waals surface area contributed by atoms with Gasteiger partial charge in [0.25, 0.3) is 5.91 Å². The van der Waals surface area contributed by atoms with Crippen LogP contribution in [0.15, 0.2) is 84.9 Å². The van der Waals surface area contributed by atoms with Gasteiger partial charge in [0, 0.05) is 49.7 Å². The molecular weight excluding hydrogens is 418 g/mol. The molecule has 4 heteroatoms. The zero-order chi connectivity index (χ0) is 23.2. The van der Waals surface area contributed by atoms with Crippen LogP contribution >= 0.6 is 0 Å². The van der Waals surface area contributed by atoms with Crippen LogP contribution in [0.1, 0.15) is 36.0 Å². The van der Waals surface area contributed by atoms with E-state index in [4.69, 9.17) is 0 Å². The highest BCUT2D eigenvalue weighted by atomic mass is 16.2. The zero-order valence-electron chi connectivity index (χ0n) is 19.7. The van der Waals surface area contributed by atoms with Gasteiger partial charge in [-0.05, 0) is 60.6 Å². The molecule has 1 amide bonds. The number of anilines is 2. The van der Waals surface area contributed by atoms with E-state index in [9.17, 15) is 4.79 Å². The molecule has 0 radical (unpaired) electrons. The maximum absolute atomic E-state index is 13.6. The summed E-state index contributed by atoms with van der Waals surface area (Å²) < 4.78 is 0. The van der Waals surface area contributed by atoms with Crippen LogP contribution in [0.2, 0.25) is 0 Å². The molecule has 34 heavy (non-hydrogen) atoms. The summed E-state index contributed by atoms with van der Waals surface area (Å²) in [5.41, 5.74) is 5.91. The Balaban J connectivity index is 1.35. The van der Waals surface area contributed by atoms with Crippen molar-refractivity contribution in [2.45, 2.75) is 38.3 Å². The fourth-order valence-corrected chi connectivity index (χ4v) is 5.11. The third-order valence-electron chi connectivity index (χ3n) is 6.94. The number of amides is 1. The smallest absolute Gasteiger partial charge is 0.251 e. The molecule has 5 rings (SSSR count). The first-order chi connectivity index (χ1) is 16.8. The van der Waals surface area contributed by atoms with E-state index < -0.39 is 0 Å². The van der Waals surface area contributed by atoms with Gasteiger partial charge in [-0.25, -0.2) is 0 Å². The Bertz CT molecular complexity index is 1120. The van der Waals surface area contributed by atoms with Gasteiger partial charge in [0.05, 0.1) is 0 Å². The van der Waals surface area contributed by atoms with E-state index in [2.05, 4.69) is 58.7 Å². The molecule has 0 spiro atoms. The average molecular weight is 452 g/mol. The first-order valence-corrected chi connectivity index (χ1v) is 12.5. The van der Waals surface area contributed by atoms with Crippen molar-refractivity contribution in [1.82, 2.24) is 4.90 Å². The molecule has 0 bridgehead atoms. The second kappa shape index (κ2) is 10.7. The molecule has 0 saturated carbocycles. The highest BCUT2D eigenvalue weighted by molar-refractivity contribution is 6.04. The Morgan fingerprint density at radius 3 is 2.47 bits per heavy atom. The van der Waals surface area contributed by atoms with Crippen molar-refractivity contribution in [2.75, 3.05) is 29.9 Å². The van der Waals surface area contributed by atoms with Crippen molar-refractivity contribution in [3.63, 3.8) is 0 Å². The zero-order valence-corrected chi connectivity index (χ0v) is 19.7. The van der Waals surface area contributed by atoms with E-state index in [1.165, 1.54) is 16.8 Å². The van der Waals surface area contributed by atoms with Gasteiger partial charge in [0.2, 0.25) is 0 Å². The van der Waals surface area contributed by atoms with Crippen LogP contribution in [0.3, 0.4) is 0 Å². The third kappa shape index (κ3) is 5.40. The molecular formula is C30H33N3O. The Hall–Kier alpha value is -3.37.